The first-order valence-corrected chi connectivity index (χ1v) is 14.5. The minimum absolute atomic E-state index is 0.188. The highest BCUT2D eigenvalue weighted by atomic mass is 16.5. The van der Waals surface area contributed by atoms with Crippen LogP contribution in [0.3, 0.4) is 0 Å². The lowest BCUT2D eigenvalue weighted by Crippen LogP contribution is -2.48. The number of methoxy groups -OCH3 is 1. The maximum Gasteiger partial charge on any atom is 0.349 e. The van der Waals surface area contributed by atoms with Gasteiger partial charge < -0.3 is 13.9 Å². The van der Waals surface area contributed by atoms with Crippen LogP contribution in [0.25, 0.3) is 33.5 Å². The van der Waals surface area contributed by atoms with E-state index in [0.29, 0.717) is 29.8 Å². The highest BCUT2D eigenvalue weighted by Crippen LogP contribution is 2.34. The number of aromatic amines is 1. The summed E-state index contributed by atoms with van der Waals surface area (Å²) in [6.07, 6.45) is 5.24. The van der Waals surface area contributed by atoms with Crippen molar-refractivity contribution in [3.05, 3.63) is 77.4 Å². The fraction of sp³-hybridized carbons (Fsp3) is 0.333. The number of nitrogens with zero attached hydrogens (tertiary/aromatic N) is 5. The van der Waals surface area contributed by atoms with Crippen LogP contribution in [0.4, 0.5) is 0 Å². The van der Waals surface area contributed by atoms with Crippen LogP contribution in [0, 0.1) is 13.8 Å². The Morgan fingerprint density at radius 1 is 1.00 bits per heavy atom. The minimum atomic E-state index is -0.549. The van der Waals surface area contributed by atoms with Crippen LogP contribution in [0.5, 0.6) is 11.6 Å². The maximum atomic E-state index is 13.3. The summed E-state index contributed by atoms with van der Waals surface area (Å²) in [5, 5.41) is 8.21. The fourth-order valence-electron chi connectivity index (χ4n) is 5.55. The molecule has 0 spiro atoms. The van der Waals surface area contributed by atoms with E-state index >= 15 is 0 Å². The molecule has 1 fully saturated rings. The van der Waals surface area contributed by atoms with E-state index in [1.54, 1.807) is 30.7 Å². The minimum Gasteiger partial charge on any atom is -0.480 e. The molecule has 10 heteroatoms. The summed E-state index contributed by atoms with van der Waals surface area (Å²) < 4.78 is 17.4. The topological polar surface area (TPSA) is 110 Å². The molecule has 43 heavy (non-hydrogen) atoms. The molecule has 222 valence electrons. The number of hydrogen-bond donors (Lipinski definition) is 1. The lowest BCUT2D eigenvalue weighted by molar-refractivity contribution is 0.0729. The van der Waals surface area contributed by atoms with Gasteiger partial charge in [0, 0.05) is 54.9 Å². The molecule has 5 aromatic rings. The van der Waals surface area contributed by atoms with Crippen molar-refractivity contribution in [1.82, 2.24) is 30.0 Å². The average Bonchev–Trinajstić information content (AvgIpc) is 3.68. The third-order valence-corrected chi connectivity index (χ3v) is 7.99. The molecule has 0 unspecified atom stereocenters. The Balaban J connectivity index is 1.29. The van der Waals surface area contributed by atoms with E-state index in [4.69, 9.17) is 13.9 Å². The van der Waals surface area contributed by atoms with Gasteiger partial charge in [-0.3, -0.25) is 14.9 Å². The maximum absolute atomic E-state index is 13.3. The van der Waals surface area contributed by atoms with Crippen molar-refractivity contribution < 1.29 is 18.7 Å². The van der Waals surface area contributed by atoms with Gasteiger partial charge in [0.25, 0.3) is 0 Å². The summed E-state index contributed by atoms with van der Waals surface area (Å²) >= 11 is 0. The van der Waals surface area contributed by atoms with E-state index in [9.17, 15) is 4.79 Å². The predicted molar refractivity (Wildman–Crippen MR) is 164 cm³/mol. The third kappa shape index (κ3) is 6.02. The number of rotatable bonds is 8. The summed E-state index contributed by atoms with van der Waals surface area (Å²) in [5.74, 6) is 1.46. The Kier molecular flexibility index (Phi) is 7.96. The number of benzene rings is 2. The SMILES string of the molecule is COc1ncc(-c2cc(-c3ncc(CN4CCN(C(C)C)CC4)o3)c3cn[nH]c3c2)cc1C(=O)Oc1ccc(C)cc1C. The lowest BCUT2D eigenvalue weighted by atomic mass is 10.00. The predicted octanol–water partition coefficient (Wildman–Crippen LogP) is 5.65. The molecule has 4 heterocycles. The Hall–Kier alpha value is -4.54. The number of hydrogen-bond acceptors (Lipinski definition) is 9. The van der Waals surface area contributed by atoms with E-state index < -0.39 is 5.97 Å². The normalized spacial score (nSPS) is 14.5. The summed E-state index contributed by atoms with van der Waals surface area (Å²) in [7, 11) is 1.48. The number of piperazine rings is 1. The molecule has 2 aromatic carbocycles. The molecule has 0 saturated carbocycles. The Labute approximate surface area is 250 Å². The van der Waals surface area contributed by atoms with Crippen LogP contribution in [0.2, 0.25) is 0 Å². The van der Waals surface area contributed by atoms with Gasteiger partial charge in [0.05, 0.1) is 31.6 Å². The van der Waals surface area contributed by atoms with E-state index in [1.165, 1.54) is 7.11 Å². The molecule has 0 bridgehead atoms. The zero-order valence-corrected chi connectivity index (χ0v) is 25.2. The number of aryl methyl sites for hydroxylation is 2. The number of oxazole rings is 1. The molecule has 3 aromatic heterocycles. The van der Waals surface area contributed by atoms with Crippen molar-refractivity contribution in [1.29, 1.82) is 0 Å². The largest absolute Gasteiger partial charge is 0.480 e. The first-order valence-electron chi connectivity index (χ1n) is 14.5. The number of fused-ring (bicyclic) bond motifs is 1. The number of carbonyl (C=O) groups is 1. The first-order chi connectivity index (χ1) is 20.8. The van der Waals surface area contributed by atoms with Gasteiger partial charge in [0.1, 0.15) is 17.1 Å². The van der Waals surface area contributed by atoms with E-state index in [0.717, 1.165) is 65.1 Å². The molecule has 0 amide bonds. The quantitative estimate of drug-likeness (QED) is 0.184. The second-order valence-electron chi connectivity index (χ2n) is 11.3. The number of pyridine rings is 1. The van der Waals surface area contributed by atoms with Gasteiger partial charge in [0.2, 0.25) is 11.8 Å². The van der Waals surface area contributed by atoms with Crippen molar-refractivity contribution in [2.45, 2.75) is 40.3 Å². The molecule has 0 aliphatic carbocycles. The standard InChI is InChI=1S/C33H36N6O4/c1-20(2)39-10-8-38(9-11-39)19-25-17-35-32(42-25)26-13-23(15-29-28(26)18-36-37-29)24-14-27(31(41-5)34-16-24)33(40)43-30-7-6-21(3)12-22(30)4/h6-7,12-18,20H,8-11,19H2,1-5H3,(H,36,37). The number of H-pyrrole nitrogens is 1. The number of carbonyl (C=O) groups excluding carboxylic acids is 1. The average molecular weight is 581 g/mol. The van der Waals surface area contributed by atoms with E-state index in [1.807, 2.05) is 38.1 Å². The van der Waals surface area contributed by atoms with Gasteiger partial charge in [-0.05, 0) is 63.1 Å². The second kappa shape index (κ2) is 12.0. The van der Waals surface area contributed by atoms with Crippen LogP contribution in [-0.4, -0.2) is 75.3 Å². The van der Waals surface area contributed by atoms with Crippen molar-refractivity contribution in [2.24, 2.45) is 0 Å². The molecule has 1 aliphatic heterocycles. The highest BCUT2D eigenvalue weighted by molar-refractivity contribution is 5.98. The van der Waals surface area contributed by atoms with Crippen molar-refractivity contribution in [3.63, 3.8) is 0 Å². The molecular formula is C33H36N6O4. The summed E-state index contributed by atoms with van der Waals surface area (Å²) in [6.45, 7) is 13.2. The number of nitrogens with one attached hydrogen (secondary N) is 1. The van der Waals surface area contributed by atoms with Crippen LogP contribution in [0.15, 0.2) is 59.4 Å². The molecule has 1 saturated heterocycles. The number of esters is 1. The molecule has 1 N–H and O–H groups in total. The number of aromatic nitrogens is 4. The monoisotopic (exact) mass is 580 g/mol. The van der Waals surface area contributed by atoms with Gasteiger partial charge in [-0.25, -0.2) is 14.8 Å². The summed E-state index contributed by atoms with van der Waals surface area (Å²) in [5.41, 5.74) is 5.31. The van der Waals surface area contributed by atoms with E-state index in [2.05, 4.69) is 43.8 Å². The van der Waals surface area contributed by atoms with Gasteiger partial charge in [-0.1, -0.05) is 17.7 Å². The van der Waals surface area contributed by atoms with Gasteiger partial charge in [-0.15, -0.1) is 0 Å². The van der Waals surface area contributed by atoms with Crippen LogP contribution >= 0.6 is 0 Å². The zero-order valence-electron chi connectivity index (χ0n) is 25.2. The Morgan fingerprint density at radius 3 is 2.56 bits per heavy atom. The van der Waals surface area contributed by atoms with Crippen molar-refractivity contribution in [2.75, 3.05) is 33.3 Å². The van der Waals surface area contributed by atoms with Crippen molar-refractivity contribution >= 4 is 16.9 Å². The zero-order chi connectivity index (χ0) is 30.1. The Bertz CT molecular complexity index is 1770. The number of ether oxygens (including phenoxy) is 2. The molecule has 0 atom stereocenters. The van der Waals surface area contributed by atoms with Crippen LogP contribution < -0.4 is 9.47 Å². The summed E-state index contributed by atoms with van der Waals surface area (Å²) in [4.78, 5) is 27.3. The van der Waals surface area contributed by atoms with Crippen LogP contribution in [-0.2, 0) is 6.54 Å². The molecule has 0 radical (unpaired) electrons. The lowest BCUT2D eigenvalue weighted by Gasteiger charge is -2.36. The van der Waals surface area contributed by atoms with Crippen LogP contribution in [0.1, 0.15) is 41.1 Å². The smallest absolute Gasteiger partial charge is 0.349 e. The molecular weight excluding hydrogens is 544 g/mol. The summed E-state index contributed by atoms with van der Waals surface area (Å²) in [6, 6.07) is 11.9. The highest BCUT2D eigenvalue weighted by Gasteiger charge is 2.22. The molecule has 10 nitrogen and oxygen atoms in total. The third-order valence-electron chi connectivity index (χ3n) is 7.99. The molecule has 6 rings (SSSR count). The van der Waals surface area contributed by atoms with Gasteiger partial charge >= 0.3 is 5.97 Å². The van der Waals surface area contributed by atoms with E-state index in [-0.39, 0.29) is 11.4 Å². The van der Waals surface area contributed by atoms with Crippen molar-refractivity contribution in [3.8, 4) is 34.2 Å². The van der Waals surface area contributed by atoms with Gasteiger partial charge in [0.15, 0.2) is 0 Å². The second-order valence-corrected chi connectivity index (χ2v) is 11.3. The molecule has 1 aliphatic rings. The first kappa shape index (κ1) is 28.6. The fourth-order valence-corrected chi connectivity index (χ4v) is 5.55. The Morgan fingerprint density at radius 2 is 1.81 bits per heavy atom. The van der Waals surface area contributed by atoms with Gasteiger partial charge in [-0.2, -0.15) is 5.10 Å².